The van der Waals surface area contributed by atoms with E-state index in [-0.39, 0.29) is 6.10 Å². The molecule has 0 spiro atoms. The van der Waals surface area contributed by atoms with Gasteiger partial charge in [-0.05, 0) is 13.0 Å². The van der Waals surface area contributed by atoms with Crippen LogP contribution in [0.3, 0.4) is 0 Å². The molecular formula is C9H13BO. The summed E-state index contributed by atoms with van der Waals surface area (Å²) >= 11 is 0. The van der Waals surface area contributed by atoms with Crippen molar-refractivity contribution >= 4 is 7.85 Å². The SMILES string of the molecule is BC1=CC=CC(OC(=C)C)C1. The van der Waals surface area contributed by atoms with Crippen molar-refractivity contribution in [2.45, 2.75) is 19.4 Å². The van der Waals surface area contributed by atoms with Crippen LogP contribution in [-0.2, 0) is 4.74 Å². The molecule has 0 amide bonds. The van der Waals surface area contributed by atoms with Crippen molar-refractivity contribution in [1.82, 2.24) is 0 Å². The topological polar surface area (TPSA) is 9.23 Å². The van der Waals surface area contributed by atoms with E-state index in [1.54, 1.807) is 0 Å². The molecule has 1 aliphatic carbocycles. The zero-order valence-electron chi connectivity index (χ0n) is 7.13. The maximum Gasteiger partial charge on any atom is 0.134 e. The molecule has 1 aliphatic rings. The number of ether oxygens (including phenoxy) is 1. The van der Waals surface area contributed by atoms with E-state index in [0.29, 0.717) is 0 Å². The van der Waals surface area contributed by atoms with Crippen molar-refractivity contribution in [3.8, 4) is 0 Å². The van der Waals surface area contributed by atoms with Gasteiger partial charge in [-0.1, -0.05) is 18.7 Å². The first-order valence-electron chi connectivity index (χ1n) is 3.84. The minimum atomic E-state index is 0.206. The predicted molar refractivity (Wildman–Crippen MR) is 50.1 cm³/mol. The molecule has 1 rings (SSSR count). The third kappa shape index (κ3) is 2.66. The molecule has 0 fully saturated rings. The molecule has 0 bridgehead atoms. The maximum absolute atomic E-state index is 5.44. The van der Waals surface area contributed by atoms with E-state index in [1.807, 2.05) is 13.0 Å². The van der Waals surface area contributed by atoms with Gasteiger partial charge < -0.3 is 4.74 Å². The van der Waals surface area contributed by atoms with Crippen LogP contribution in [0.4, 0.5) is 0 Å². The van der Waals surface area contributed by atoms with Gasteiger partial charge in [-0.25, -0.2) is 0 Å². The Balaban J connectivity index is 2.46. The Bertz CT molecular complexity index is 214. The molecule has 2 heteroatoms. The molecular weight excluding hydrogens is 135 g/mol. The van der Waals surface area contributed by atoms with Gasteiger partial charge in [0.05, 0.1) is 5.76 Å². The Hall–Kier alpha value is -0.915. The third-order valence-corrected chi connectivity index (χ3v) is 1.58. The molecule has 0 saturated carbocycles. The minimum Gasteiger partial charge on any atom is -0.491 e. The van der Waals surface area contributed by atoms with Crippen LogP contribution >= 0.6 is 0 Å². The lowest BCUT2D eigenvalue weighted by molar-refractivity contribution is 0.158. The van der Waals surface area contributed by atoms with Gasteiger partial charge in [0.2, 0.25) is 0 Å². The molecule has 0 aromatic heterocycles. The van der Waals surface area contributed by atoms with Crippen LogP contribution < -0.4 is 0 Å². The standard InChI is InChI=1S/C9H13BO/c1-7(2)11-9-5-3-4-8(10)6-9/h3-5,9H,1,6,10H2,2H3. The van der Waals surface area contributed by atoms with Crippen LogP contribution in [0.5, 0.6) is 0 Å². The fraction of sp³-hybridized carbons (Fsp3) is 0.333. The van der Waals surface area contributed by atoms with E-state index in [9.17, 15) is 0 Å². The van der Waals surface area contributed by atoms with E-state index in [4.69, 9.17) is 4.74 Å². The van der Waals surface area contributed by atoms with Crippen molar-refractivity contribution in [2.75, 3.05) is 0 Å². The summed E-state index contributed by atoms with van der Waals surface area (Å²) in [6.07, 6.45) is 7.40. The highest BCUT2D eigenvalue weighted by Crippen LogP contribution is 2.14. The van der Waals surface area contributed by atoms with Crippen LogP contribution in [0.2, 0.25) is 0 Å². The van der Waals surface area contributed by atoms with Crippen molar-refractivity contribution in [2.24, 2.45) is 0 Å². The van der Waals surface area contributed by atoms with Crippen molar-refractivity contribution < 1.29 is 4.74 Å². The maximum atomic E-state index is 5.44. The second kappa shape index (κ2) is 3.47. The number of hydrogen-bond acceptors (Lipinski definition) is 1. The predicted octanol–water partition coefficient (Wildman–Crippen LogP) is 1.38. The quantitative estimate of drug-likeness (QED) is 0.424. The van der Waals surface area contributed by atoms with Crippen LogP contribution in [-0.4, -0.2) is 14.0 Å². The molecule has 0 heterocycles. The van der Waals surface area contributed by atoms with Gasteiger partial charge in [-0.3, -0.25) is 0 Å². The molecule has 0 saturated heterocycles. The monoisotopic (exact) mass is 148 g/mol. The highest BCUT2D eigenvalue weighted by Gasteiger charge is 2.08. The van der Waals surface area contributed by atoms with Crippen molar-refractivity contribution in [3.05, 3.63) is 36.0 Å². The Labute approximate surface area is 68.8 Å². The number of allylic oxidation sites excluding steroid dienone is 3. The summed E-state index contributed by atoms with van der Waals surface area (Å²) in [5, 5.41) is 0. The second-order valence-electron chi connectivity index (χ2n) is 2.96. The molecule has 0 aromatic rings. The van der Waals surface area contributed by atoms with Crippen LogP contribution in [0.15, 0.2) is 36.0 Å². The largest absolute Gasteiger partial charge is 0.491 e. The molecule has 58 valence electrons. The van der Waals surface area contributed by atoms with Crippen molar-refractivity contribution in [3.63, 3.8) is 0 Å². The van der Waals surface area contributed by atoms with Gasteiger partial charge in [0.15, 0.2) is 0 Å². The summed E-state index contributed by atoms with van der Waals surface area (Å²) in [6.45, 7) is 5.58. The Morgan fingerprint density at radius 3 is 3.09 bits per heavy atom. The molecule has 0 aliphatic heterocycles. The van der Waals surface area contributed by atoms with Gasteiger partial charge in [-0.2, -0.15) is 0 Å². The first-order valence-corrected chi connectivity index (χ1v) is 3.84. The summed E-state index contributed by atoms with van der Waals surface area (Å²) in [5.41, 5.74) is 1.36. The van der Waals surface area contributed by atoms with E-state index < -0.39 is 0 Å². The van der Waals surface area contributed by atoms with Crippen LogP contribution in [0.25, 0.3) is 0 Å². The van der Waals surface area contributed by atoms with E-state index >= 15 is 0 Å². The summed E-state index contributed by atoms with van der Waals surface area (Å²) in [7, 11) is 2.11. The zero-order valence-corrected chi connectivity index (χ0v) is 7.13. The normalized spacial score (nSPS) is 22.6. The first-order chi connectivity index (χ1) is 5.18. The minimum absolute atomic E-state index is 0.206. The first kappa shape index (κ1) is 8.18. The average molecular weight is 148 g/mol. The van der Waals surface area contributed by atoms with Gasteiger partial charge in [-0.15, -0.1) is 5.47 Å². The highest BCUT2D eigenvalue weighted by molar-refractivity contribution is 6.21. The lowest BCUT2D eigenvalue weighted by atomic mass is 9.87. The zero-order chi connectivity index (χ0) is 8.27. The highest BCUT2D eigenvalue weighted by atomic mass is 16.5. The smallest absolute Gasteiger partial charge is 0.134 e. The fourth-order valence-electron chi connectivity index (χ4n) is 1.14. The number of rotatable bonds is 2. The number of hydrogen-bond donors (Lipinski definition) is 0. The summed E-state index contributed by atoms with van der Waals surface area (Å²) < 4.78 is 5.44. The fourth-order valence-corrected chi connectivity index (χ4v) is 1.14. The van der Waals surface area contributed by atoms with Crippen LogP contribution in [0.1, 0.15) is 13.3 Å². The second-order valence-corrected chi connectivity index (χ2v) is 2.96. The lowest BCUT2D eigenvalue weighted by Crippen LogP contribution is -2.11. The molecule has 1 atom stereocenters. The van der Waals surface area contributed by atoms with E-state index in [1.165, 1.54) is 5.47 Å². The summed E-state index contributed by atoms with van der Waals surface area (Å²) in [4.78, 5) is 0. The average Bonchev–Trinajstić information content (AvgIpc) is 1.85. The molecule has 11 heavy (non-hydrogen) atoms. The Morgan fingerprint density at radius 1 is 1.82 bits per heavy atom. The van der Waals surface area contributed by atoms with Gasteiger partial charge in [0.25, 0.3) is 0 Å². The molecule has 0 aromatic carbocycles. The van der Waals surface area contributed by atoms with Crippen LogP contribution in [0, 0.1) is 0 Å². The van der Waals surface area contributed by atoms with Gasteiger partial charge in [0.1, 0.15) is 14.0 Å². The van der Waals surface area contributed by atoms with E-state index in [2.05, 4.69) is 26.6 Å². The van der Waals surface area contributed by atoms with Gasteiger partial charge in [0, 0.05) is 6.42 Å². The lowest BCUT2D eigenvalue weighted by Gasteiger charge is -2.18. The third-order valence-electron chi connectivity index (χ3n) is 1.58. The summed E-state index contributed by atoms with van der Waals surface area (Å²) in [6, 6.07) is 0. The molecule has 1 nitrogen and oxygen atoms in total. The Morgan fingerprint density at radius 2 is 2.55 bits per heavy atom. The van der Waals surface area contributed by atoms with Gasteiger partial charge >= 0.3 is 0 Å². The molecule has 1 unspecified atom stereocenters. The Kier molecular flexibility index (Phi) is 2.58. The van der Waals surface area contributed by atoms with Crippen molar-refractivity contribution in [1.29, 1.82) is 0 Å². The van der Waals surface area contributed by atoms with E-state index in [0.717, 1.165) is 12.2 Å². The summed E-state index contributed by atoms with van der Waals surface area (Å²) in [5.74, 6) is 0.786. The molecule has 0 N–H and O–H groups in total. The molecule has 0 radical (unpaired) electrons.